The Hall–Kier alpha value is -1.68. The van der Waals surface area contributed by atoms with E-state index in [2.05, 4.69) is 5.32 Å². The molecule has 2 aromatic carbocycles. The van der Waals surface area contributed by atoms with Gasteiger partial charge < -0.3 is 5.32 Å². The Morgan fingerprint density at radius 2 is 1.88 bits per heavy atom. The van der Waals surface area contributed by atoms with E-state index < -0.39 is 0 Å². The second-order valence-corrected chi connectivity index (χ2v) is 6.91. The number of hydrogen-bond donors (Lipinski definition) is 1. The van der Waals surface area contributed by atoms with Crippen molar-refractivity contribution in [3.8, 4) is 0 Å². The summed E-state index contributed by atoms with van der Waals surface area (Å²) < 4.78 is 0. The van der Waals surface area contributed by atoms with Crippen LogP contribution < -0.4 is 5.32 Å². The SMILES string of the molecule is O=C1/C(=C\c2ccc(Cl)c(Cl)c2)CCC1C(=S)Nc1ccccc1. The first-order chi connectivity index (χ1) is 11.5. The summed E-state index contributed by atoms with van der Waals surface area (Å²) in [5.41, 5.74) is 2.54. The van der Waals surface area contributed by atoms with Crippen molar-refractivity contribution >= 4 is 58.0 Å². The molecule has 1 atom stereocenters. The van der Waals surface area contributed by atoms with Crippen LogP contribution in [0.5, 0.6) is 0 Å². The maximum absolute atomic E-state index is 12.6. The van der Waals surface area contributed by atoms with Crippen molar-refractivity contribution in [3.05, 3.63) is 69.7 Å². The average molecular weight is 376 g/mol. The van der Waals surface area contributed by atoms with Crippen molar-refractivity contribution in [3.63, 3.8) is 0 Å². The highest BCUT2D eigenvalue weighted by Gasteiger charge is 2.32. The standard InChI is InChI=1S/C19H15Cl2NOS/c20-16-9-6-12(11-17(16)21)10-13-7-8-15(18(13)23)19(24)22-14-4-2-1-3-5-14/h1-6,9-11,15H,7-8H2,(H,22,24)/b13-10-. The number of hydrogen-bond acceptors (Lipinski definition) is 2. The molecule has 2 aromatic rings. The lowest BCUT2D eigenvalue weighted by atomic mass is 10.0. The lowest BCUT2D eigenvalue weighted by Crippen LogP contribution is -2.24. The topological polar surface area (TPSA) is 29.1 Å². The molecule has 3 rings (SSSR count). The van der Waals surface area contributed by atoms with Gasteiger partial charge in [0.05, 0.1) is 21.0 Å². The van der Waals surface area contributed by atoms with Gasteiger partial charge in [-0.15, -0.1) is 0 Å². The van der Waals surface area contributed by atoms with Gasteiger partial charge in [0.25, 0.3) is 0 Å². The first kappa shape index (κ1) is 17.2. The smallest absolute Gasteiger partial charge is 0.168 e. The fourth-order valence-corrected chi connectivity index (χ4v) is 3.37. The van der Waals surface area contributed by atoms with E-state index in [1.807, 2.05) is 42.5 Å². The minimum atomic E-state index is -0.269. The summed E-state index contributed by atoms with van der Waals surface area (Å²) in [4.78, 5) is 13.2. The summed E-state index contributed by atoms with van der Waals surface area (Å²) in [5.74, 6) is -0.191. The number of carbonyl (C=O) groups is 1. The van der Waals surface area contributed by atoms with Crippen LogP contribution in [0.1, 0.15) is 18.4 Å². The molecule has 1 N–H and O–H groups in total. The molecule has 2 nitrogen and oxygen atoms in total. The number of para-hydroxylation sites is 1. The Bertz CT molecular complexity index is 817. The minimum Gasteiger partial charge on any atom is -0.349 e. The molecule has 1 aliphatic rings. The number of benzene rings is 2. The van der Waals surface area contributed by atoms with E-state index in [1.165, 1.54) is 0 Å². The van der Waals surface area contributed by atoms with Gasteiger partial charge in [0.1, 0.15) is 0 Å². The maximum Gasteiger partial charge on any atom is 0.168 e. The van der Waals surface area contributed by atoms with E-state index in [0.717, 1.165) is 23.2 Å². The Kier molecular flexibility index (Phi) is 5.34. The van der Waals surface area contributed by atoms with E-state index in [9.17, 15) is 4.79 Å². The second-order valence-electron chi connectivity index (χ2n) is 5.65. The van der Waals surface area contributed by atoms with Crippen LogP contribution in [0.2, 0.25) is 10.0 Å². The summed E-state index contributed by atoms with van der Waals surface area (Å²) >= 11 is 17.4. The van der Waals surface area contributed by atoms with E-state index in [1.54, 1.807) is 12.1 Å². The summed E-state index contributed by atoms with van der Waals surface area (Å²) in [6, 6.07) is 15.0. The molecule has 0 bridgehead atoms. The van der Waals surface area contributed by atoms with Crippen LogP contribution in [-0.4, -0.2) is 10.8 Å². The van der Waals surface area contributed by atoms with Gasteiger partial charge in [-0.1, -0.05) is 59.7 Å². The zero-order chi connectivity index (χ0) is 17.1. The molecule has 0 saturated heterocycles. The lowest BCUT2D eigenvalue weighted by Gasteiger charge is -2.12. The number of nitrogens with one attached hydrogen (secondary N) is 1. The van der Waals surface area contributed by atoms with Gasteiger partial charge in [0, 0.05) is 5.69 Å². The molecule has 1 aliphatic carbocycles. The third-order valence-electron chi connectivity index (χ3n) is 3.98. The van der Waals surface area contributed by atoms with Gasteiger partial charge in [-0.05, 0) is 54.3 Å². The van der Waals surface area contributed by atoms with Gasteiger partial charge in [0.2, 0.25) is 0 Å². The molecule has 122 valence electrons. The average Bonchev–Trinajstić information content (AvgIpc) is 2.93. The molecular weight excluding hydrogens is 361 g/mol. The molecule has 5 heteroatoms. The van der Waals surface area contributed by atoms with Crippen molar-refractivity contribution < 1.29 is 4.79 Å². The number of carbonyl (C=O) groups excluding carboxylic acids is 1. The monoisotopic (exact) mass is 375 g/mol. The molecular formula is C19H15Cl2NOS. The molecule has 0 spiro atoms. The van der Waals surface area contributed by atoms with Crippen LogP contribution in [0.3, 0.4) is 0 Å². The number of thiocarbonyl (C=S) groups is 1. The van der Waals surface area contributed by atoms with E-state index in [-0.39, 0.29) is 11.7 Å². The highest BCUT2D eigenvalue weighted by Crippen LogP contribution is 2.31. The number of halogens is 2. The van der Waals surface area contributed by atoms with Crippen LogP contribution in [0, 0.1) is 5.92 Å². The molecule has 1 saturated carbocycles. The largest absolute Gasteiger partial charge is 0.349 e. The summed E-state index contributed by atoms with van der Waals surface area (Å²) in [7, 11) is 0. The van der Waals surface area contributed by atoms with Crippen LogP contribution in [0.25, 0.3) is 6.08 Å². The van der Waals surface area contributed by atoms with Gasteiger partial charge >= 0.3 is 0 Å². The molecule has 0 amide bonds. The van der Waals surface area contributed by atoms with E-state index in [0.29, 0.717) is 21.5 Å². The number of anilines is 1. The Morgan fingerprint density at radius 1 is 1.12 bits per heavy atom. The minimum absolute atomic E-state index is 0.0782. The molecule has 0 aliphatic heterocycles. The zero-order valence-corrected chi connectivity index (χ0v) is 15.1. The number of Topliss-reactive ketones (excluding diaryl/α,β-unsaturated/α-hetero) is 1. The summed E-state index contributed by atoms with van der Waals surface area (Å²) in [6.07, 6.45) is 3.31. The molecule has 0 heterocycles. The zero-order valence-electron chi connectivity index (χ0n) is 12.8. The fourth-order valence-electron chi connectivity index (χ4n) is 2.73. The second kappa shape index (κ2) is 7.47. The van der Waals surface area contributed by atoms with Gasteiger partial charge in [0.15, 0.2) is 5.78 Å². The maximum atomic E-state index is 12.6. The Balaban J connectivity index is 1.73. The lowest BCUT2D eigenvalue weighted by molar-refractivity contribution is -0.116. The molecule has 1 unspecified atom stereocenters. The predicted octanol–water partition coefficient (Wildman–Crippen LogP) is 5.80. The van der Waals surface area contributed by atoms with E-state index >= 15 is 0 Å². The number of ketones is 1. The first-order valence-corrected chi connectivity index (χ1v) is 8.77. The first-order valence-electron chi connectivity index (χ1n) is 7.60. The number of allylic oxidation sites excluding steroid dienone is 1. The quantitative estimate of drug-likeness (QED) is 0.543. The van der Waals surface area contributed by atoms with Crippen molar-refractivity contribution in [1.29, 1.82) is 0 Å². The van der Waals surface area contributed by atoms with Crippen molar-refractivity contribution in [2.75, 3.05) is 5.32 Å². The molecule has 0 aromatic heterocycles. The normalized spacial score (nSPS) is 18.8. The highest BCUT2D eigenvalue weighted by molar-refractivity contribution is 7.80. The van der Waals surface area contributed by atoms with E-state index in [4.69, 9.17) is 35.4 Å². The Labute approximate surface area is 156 Å². The van der Waals surface area contributed by atoms with Crippen molar-refractivity contribution in [2.24, 2.45) is 5.92 Å². The third kappa shape index (κ3) is 3.86. The summed E-state index contributed by atoms with van der Waals surface area (Å²) in [6.45, 7) is 0. The predicted molar refractivity (Wildman–Crippen MR) is 105 cm³/mol. The molecule has 0 radical (unpaired) electrons. The van der Waals surface area contributed by atoms with Gasteiger partial charge in [-0.3, -0.25) is 4.79 Å². The van der Waals surface area contributed by atoms with Gasteiger partial charge in [-0.25, -0.2) is 0 Å². The third-order valence-corrected chi connectivity index (χ3v) is 5.10. The highest BCUT2D eigenvalue weighted by atomic mass is 35.5. The number of rotatable bonds is 3. The summed E-state index contributed by atoms with van der Waals surface area (Å²) in [5, 5.41) is 4.14. The van der Waals surface area contributed by atoms with Crippen LogP contribution >= 0.6 is 35.4 Å². The fraction of sp³-hybridized carbons (Fsp3) is 0.158. The molecule has 24 heavy (non-hydrogen) atoms. The van der Waals surface area contributed by atoms with Crippen molar-refractivity contribution in [2.45, 2.75) is 12.8 Å². The van der Waals surface area contributed by atoms with Crippen molar-refractivity contribution in [1.82, 2.24) is 0 Å². The van der Waals surface area contributed by atoms with Crippen LogP contribution in [-0.2, 0) is 4.79 Å². The van der Waals surface area contributed by atoms with Gasteiger partial charge in [-0.2, -0.15) is 0 Å². The van der Waals surface area contributed by atoms with Crippen LogP contribution in [0.4, 0.5) is 5.69 Å². The molecule has 1 fully saturated rings. The van der Waals surface area contributed by atoms with Crippen LogP contribution in [0.15, 0.2) is 54.1 Å². The Morgan fingerprint density at radius 3 is 2.58 bits per heavy atom.